The quantitative estimate of drug-likeness (QED) is 0.492. The number of halogens is 1. The number of amides is 2. The summed E-state index contributed by atoms with van der Waals surface area (Å²) >= 11 is 7.50. The lowest BCUT2D eigenvalue weighted by Crippen LogP contribution is -2.25. The van der Waals surface area contributed by atoms with Crippen LogP contribution in [0.2, 0.25) is 5.02 Å². The van der Waals surface area contributed by atoms with Crippen molar-refractivity contribution >= 4 is 46.0 Å². The lowest BCUT2D eigenvalue weighted by atomic mass is 10.1. The number of thiazole rings is 1. The molecule has 0 unspecified atom stereocenters. The van der Waals surface area contributed by atoms with Crippen molar-refractivity contribution in [3.05, 3.63) is 70.1 Å². The van der Waals surface area contributed by atoms with Crippen LogP contribution < -0.4 is 15.4 Å². The topological polar surface area (TPSA) is 80.3 Å². The van der Waals surface area contributed by atoms with Gasteiger partial charge in [0.25, 0.3) is 5.91 Å². The van der Waals surface area contributed by atoms with E-state index in [1.165, 1.54) is 17.4 Å². The van der Waals surface area contributed by atoms with Crippen LogP contribution in [-0.2, 0) is 4.79 Å². The molecule has 1 fully saturated rings. The SMILES string of the molecule is COc1ccc(-c2csc(NC(=O)/C=C/c3ccc(C(=O)NC4CC4)cc3)n2)cc1Cl. The van der Waals surface area contributed by atoms with Crippen LogP contribution in [0.4, 0.5) is 5.13 Å². The molecule has 31 heavy (non-hydrogen) atoms. The number of carbonyl (C=O) groups is 2. The van der Waals surface area contributed by atoms with Crippen molar-refractivity contribution in [3.8, 4) is 17.0 Å². The largest absolute Gasteiger partial charge is 0.495 e. The maximum Gasteiger partial charge on any atom is 0.251 e. The second-order valence-electron chi connectivity index (χ2n) is 7.08. The fraction of sp³-hybridized carbons (Fsp3) is 0.174. The van der Waals surface area contributed by atoms with Crippen LogP contribution in [0.15, 0.2) is 53.9 Å². The Balaban J connectivity index is 1.35. The molecule has 2 aromatic carbocycles. The first-order chi connectivity index (χ1) is 15.0. The van der Waals surface area contributed by atoms with Gasteiger partial charge in [0.2, 0.25) is 5.91 Å². The molecular formula is C23H20ClN3O3S. The van der Waals surface area contributed by atoms with E-state index >= 15 is 0 Å². The summed E-state index contributed by atoms with van der Waals surface area (Å²) in [4.78, 5) is 28.7. The highest BCUT2D eigenvalue weighted by Gasteiger charge is 2.23. The third-order valence-electron chi connectivity index (χ3n) is 4.69. The first-order valence-electron chi connectivity index (χ1n) is 9.71. The van der Waals surface area contributed by atoms with Gasteiger partial charge in [0.15, 0.2) is 5.13 Å². The lowest BCUT2D eigenvalue weighted by Gasteiger charge is -2.04. The standard InChI is InChI=1S/C23H20ClN3O3S/c1-30-20-10-7-16(12-18(20)24)19-13-31-23(26-19)27-21(28)11-4-14-2-5-15(6-3-14)22(29)25-17-8-9-17/h2-7,10-13,17H,8-9H2,1H3,(H,25,29)(H,26,27,28)/b11-4+. The Labute approximate surface area is 188 Å². The molecule has 0 aliphatic heterocycles. The van der Waals surface area contributed by atoms with Crippen molar-refractivity contribution in [1.82, 2.24) is 10.3 Å². The minimum atomic E-state index is -0.288. The maximum absolute atomic E-state index is 12.2. The Morgan fingerprint density at radius 3 is 2.65 bits per heavy atom. The summed E-state index contributed by atoms with van der Waals surface area (Å²) in [6.07, 6.45) is 5.23. The minimum absolute atomic E-state index is 0.0616. The summed E-state index contributed by atoms with van der Waals surface area (Å²) in [6.45, 7) is 0. The summed E-state index contributed by atoms with van der Waals surface area (Å²) in [7, 11) is 1.56. The normalized spacial score (nSPS) is 13.2. The van der Waals surface area contributed by atoms with Crippen molar-refractivity contribution in [3.63, 3.8) is 0 Å². The van der Waals surface area contributed by atoms with Crippen molar-refractivity contribution in [2.75, 3.05) is 12.4 Å². The van der Waals surface area contributed by atoms with Gasteiger partial charge in [-0.1, -0.05) is 23.7 Å². The molecule has 6 nitrogen and oxygen atoms in total. The highest BCUT2D eigenvalue weighted by molar-refractivity contribution is 7.14. The number of anilines is 1. The smallest absolute Gasteiger partial charge is 0.251 e. The molecule has 1 heterocycles. The predicted octanol–water partition coefficient (Wildman–Crippen LogP) is 5.02. The average molecular weight is 454 g/mol. The van der Waals surface area contributed by atoms with Gasteiger partial charge in [-0.05, 0) is 54.8 Å². The molecule has 2 N–H and O–H groups in total. The fourth-order valence-electron chi connectivity index (χ4n) is 2.85. The molecule has 4 rings (SSSR count). The van der Waals surface area contributed by atoms with E-state index in [1.807, 2.05) is 11.4 Å². The highest BCUT2D eigenvalue weighted by Crippen LogP contribution is 2.31. The molecule has 0 radical (unpaired) electrons. The molecule has 1 aliphatic rings. The van der Waals surface area contributed by atoms with E-state index in [0.717, 1.165) is 24.0 Å². The first-order valence-corrected chi connectivity index (χ1v) is 11.0. The number of hydrogen-bond donors (Lipinski definition) is 2. The van der Waals surface area contributed by atoms with Crippen molar-refractivity contribution in [2.45, 2.75) is 18.9 Å². The van der Waals surface area contributed by atoms with E-state index in [1.54, 1.807) is 49.6 Å². The van der Waals surface area contributed by atoms with Gasteiger partial charge in [-0.25, -0.2) is 4.98 Å². The van der Waals surface area contributed by atoms with E-state index in [-0.39, 0.29) is 11.8 Å². The number of rotatable bonds is 7. The van der Waals surface area contributed by atoms with Crippen LogP contribution in [0.5, 0.6) is 5.75 Å². The second-order valence-corrected chi connectivity index (χ2v) is 8.34. The van der Waals surface area contributed by atoms with E-state index in [9.17, 15) is 9.59 Å². The van der Waals surface area contributed by atoms with Crippen molar-refractivity contribution < 1.29 is 14.3 Å². The molecular weight excluding hydrogens is 434 g/mol. The zero-order valence-electron chi connectivity index (χ0n) is 16.7. The predicted molar refractivity (Wildman–Crippen MR) is 124 cm³/mol. The van der Waals surface area contributed by atoms with E-state index in [0.29, 0.717) is 33.2 Å². The molecule has 0 saturated heterocycles. The number of hydrogen-bond acceptors (Lipinski definition) is 5. The van der Waals surface area contributed by atoms with Crippen LogP contribution in [0.3, 0.4) is 0 Å². The number of aromatic nitrogens is 1. The van der Waals surface area contributed by atoms with Crippen molar-refractivity contribution in [1.29, 1.82) is 0 Å². The first kappa shape index (κ1) is 21.1. The summed E-state index contributed by atoms with van der Waals surface area (Å²) in [5.74, 6) is 0.244. The van der Waals surface area contributed by atoms with Gasteiger partial charge in [0, 0.05) is 28.6 Å². The van der Waals surface area contributed by atoms with Crippen LogP contribution in [0.1, 0.15) is 28.8 Å². The Morgan fingerprint density at radius 1 is 1.19 bits per heavy atom. The third kappa shape index (κ3) is 5.51. The number of nitrogens with zero attached hydrogens (tertiary/aromatic N) is 1. The van der Waals surface area contributed by atoms with E-state index < -0.39 is 0 Å². The molecule has 0 bridgehead atoms. The summed E-state index contributed by atoms with van der Waals surface area (Å²) in [5, 5.41) is 8.54. The Bertz CT molecular complexity index is 1140. The van der Waals surface area contributed by atoms with Crippen LogP contribution in [0, 0.1) is 0 Å². The van der Waals surface area contributed by atoms with E-state index in [4.69, 9.17) is 16.3 Å². The fourth-order valence-corrected chi connectivity index (χ4v) is 3.83. The number of benzene rings is 2. The summed E-state index contributed by atoms with van der Waals surface area (Å²) < 4.78 is 5.16. The van der Waals surface area contributed by atoms with Gasteiger partial charge in [-0.3, -0.25) is 14.9 Å². The second kappa shape index (κ2) is 9.32. The molecule has 8 heteroatoms. The van der Waals surface area contributed by atoms with Gasteiger partial charge >= 0.3 is 0 Å². The lowest BCUT2D eigenvalue weighted by molar-refractivity contribution is -0.111. The summed E-state index contributed by atoms with van der Waals surface area (Å²) in [6, 6.07) is 12.9. The van der Waals surface area contributed by atoms with Crippen molar-refractivity contribution in [2.24, 2.45) is 0 Å². The van der Waals surface area contributed by atoms with Gasteiger partial charge < -0.3 is 10.1 Å². The molecule has 1 saturated carbocycles. The van der Waals surface area contributed by atoms with Gasteiger partial charge in [0.1, 0.15) is 5.75 Å². The zero-order chi connectivity index (χ0) is 21.8. The molecule has 1 aromatic heterocycles. The summed E-state index contributed by atoms with van der Waals surface area (Å²) in [5.41, 5.74) is 2.99. The van der Waals surface area contributed by atoms with Gasteiger partial charge in [0.05, 0.1) is 17.8 Å². The van der Waals surface area contributed by atoms with Crippen LogP contribution in [0.25, 0.3) is 17.3 Å². The molecule has 3 aromatic rings. The average Bonchev–Trinajstić information content (AvgIpc) is 3.47. The molecule has 2 amide bonds. The van der Waals surface area contributed by atoms with Gasteiger partial charge in [-0.2, -0.15) is 0 Å². The molecule has 1 aliphatic carbocycles. The van der Waals surface area contributed by atoms with Crippen LogP contribution >= 0.6 is 22.9 Å². The van der Waals surface area contributed by atoms with Crippen LogP contribution in [-0.4, -0.2) is 29.9 Å². The maximum atomic E-state index is 12.2. The highest BCUT2D eigenvalue weighted by atomic mass is 35.5. The number of nitrogens with one attached hydrogen (secondary N) is 2. The Kier molecular flexibility index (Phi) is 6.34. The monoisotopic (exact) mass is 453 g/mol. The number of carbonyl (C=O) groups excluding carboxylic acids is 2. The van der Waals surface area contributed by atoms with Gasteiger partial charge in [-0.15, -0.1) is 11.3 Å². The third-order valence-corrected chi connectivity index (χ3v) is 5.75. The Hall–Kier alpha value is -3.16. The Morgan fingerprint density at radius 2 is 1.97 bits per heavy atom. The molecule has 158 valence electrons. The number of ether oxygens (including phenoxy) is 1. The minimum Gasteiger partial charge on any atom is -0.495 e. The number of methoxy groups -OCH3 is 1. The zero-order valence-corrected chi connectivity index (χ0v) is 18.3. The molecule has 0 atom stereocenters. The van der Waals surface area contributed by atoms with E-state index in [2.05, 4.69) is 15.6 Å². The molecule has 0 spiro atoms.